The molecule has 7 nitrogen and oxygen atoms in total. The Labute approximate surface area is 193 Å². The summed E-state index contributed by atoms with van der Waals surface area (Å²) in [6.45, 7) is 6.66. The third-order valence-corrected chi connectivity index (χ3v) is 7.00. The molecule has 1 aromatic carbocycles. The number of nitrogens with zero attached hydrogens (tertiary/aromatic N) is 5. The van der Waals surface area contributed by atoms with Crippen molar-refractivity contribution in [3.63, 3.8) is 0 Å². The minimum Gasteiger partial charge on any atom is -0.338 e. The average Bonchev–Trinajstić information content (AvgIpc) is 3.42. The Hall–Kier alpha value is -3.66. The number of rotatable bonds is 1. The van der Waals surface area contributed by atoms with Crippen LogP contribution in [-0.4, -0.2) is 62.4 Å². The van der Waals surface area contributed by atoms with Crippen LogP contribution in [0.25, 0.3) is 5.65 Å². The fraction of sp³-hybridized carbons (Fsp3) is 0.385. The maximum Gasteiger partial charge on any atom is 0.298 e. The summed E-state index contributed by atoms with van der Waals surface area (Å²) in [7, 11) is 0. The highest BCUT2D eigenvalue weighted by atomic mass is 16.2. The van der Waals surface area contributed by atoms with Gasteiger partial charge in [0.05, 0.1) is 17.0 Å². The summed E-state index contributed by atoms with van der Waals surface area (Å²) in [6, 6.07) is 11.5. The van der Waals surface area contributed by atoms with Gasteiger partial charge in [-0.05, 0) is 50.7 Å². The average molecular weight is 442 g/mol. The number of likely N-dealkylation sites (tertiary alicyclic amines) is 2. The van der Waals surface area contributed by atoms with Gasteiger partial charge in [0, 0.05) is 49.9 Å². The lowest BCUT2D eigenvalue weighted by Crippen LogP contribution is -2.44. The smallest absolute Gasteiger partial charge is 0.298 e. The van der Waals surface area contributed by atoms with Gasteiger partial charge in [-0.3, -0.25) is 9.59 Å². The predicted molar refractivity (Wildman–Crippen MR) is 125 cm³/mol. The summed E-state index contributed by atoms with van der Waals surface area (Å²) in [5.74, 6) is 5.62. The van der Waals surface area contributed by atoms with Gasteiger partial charge in [-0.2, -0.15) is 5.10 Å². The highest BCUT2D eigenvalue weighted by Crippen LogP contribution is 2.40. The fourth-order valence-electron chi connectivity index (χ4n) is 4.97. The number of piperidine rings is 1. The van der Waals surface area contributed by atoms with E-state index in [4.69, 9.17) is 0 Å². The van der Waals surface area contributed by atoms with E-state index in [-0.39, 0.29) is 17.2 Å². The van der Waals surface area contributed by atoms with Crippen LogP contribution in [-0.2, 0) is 4.79 Å². The Morgan fingerprint density at radius 2 is 1.70 bits per heavy atom. The first kappa shape index (κ1) is 21.2. The minimum atomic E-state index is -0.121. The molecule has 2 saturated heterocycles. The van der Waals surface area contributed by atoms with Gasteiger partial charge >= 0.3 is 0 Å². The molecule has 0 unspecified atom stereocenters. The van der Waals surface area contributed by atoms with E-state index in [1.807, 2.05) is 60.0 Å². The molecule has 2 aromatic heterocycles. The summed E-state index contributed by atoms with van der Waals surface area (Å²) in [6.07, 6.45) is 4.42. The first-order valence-electron chi connectivity index (χ1n) is 11.4. The van der Waals surface area contributed by atoms with Gasteiger partial charge in [-0.15, -0.1) is 0 Å². The molecule has 2 aliphatic heterocycles. The quantitative estimate of drug-likeness (QED) is 0.545. The third kappa shape index (κ3) is 4.09. The molecule has 0 atom stereocenters. The number of carbonyl (C=O) groups is 2. The Morgan fingerprint density at radius 3 is 2.42 bits per heavy atom. The van der Waals surface area contributed by atoms with E-state index < -0.39 is 0 Å². The molecule has 168 valence electrons. The van der Waals surface area contributed by atoms with Crippen LogP contribution in [0.4, 0.5) is 0 Å². The summed E-state index contributed by atoms with van der Waals surface area (Å²) >= 11 is 0. The summed E-state index contributed by atoms with van der Waals surface area (Å²) < 4.78 is 1.75. The van der Waals surface area contributed by atoms with Crippen LogP contribution in [0.2, 0.25) is 0 Å². The molecule has 4 heterocycles. The van der Waals surface area contributed by atoms with E-state index in [2.05, 4.69) is 21.9 Å². The number of aryl methyl sites for hydroxylation is 2. The van der Waals surface area contributed by atoms with Crippen molar-refractivity contribution in [2.75, 3.05) is 26.2 Å². The zero-order valence-electron chi connectivity index (χ0n) is 19.0. The maximum absolute atomic E-state index is 13.3. The van der Waals surface area contributed by atoms with Crippen molar-refractivity contribution < 1.29 is 9.59 Å². The van der Waals surface area contributed by atoms with E-state index in [1.54, 1.807) is 10.7 Å². The second-order valence-corrected chi connectivity index (χ2v) is 9.20. The minimum absolute atomic E-state index is 0.0131. The number of carbonyl (C=O) groups excluding carboxylic acids is 2. The van der Waals surface area contributed by atoms with Crippen LogP contribution in [0.1, 0.15) is 46.6 Å². The van der Waals surface area contributed by atoms with E-state index >= 15 is 0 Å². The molecule has 7 heteroatoms. The molecule has 1 spiro atoms. The van der Waals surface area contributed by atoms with Crippen LogP contribution >= 0.6 is 0 Å². The molecule has 0 saturated carbocycles. The Morgan fingerprint density at radius 1 is 1.00 bits per heavy atom. The lowest BCUT2D eigenvalue weighted by atomic mass is 9.78. The topological polar surface area (TPSA) is 70.8 Å². The van der Waals surface area contributed by atoms with Crippen LogP contribution in [0.15, 0.2) is 42.6 Å². The van der Waals surface area contributed by atoms with Gasteiger partial charge in [0.15, 0.2) is 5.65 Å². The lowest BCUT2D eigenvalue weighted by molar-refractivity contribution is -0.127. The standard InChI is InChI=1S/C26H27N5O2/c1-19-16-23-27-17-22(20(2)31(23)28-19)25(33)30-15-12-26(18-30)10-13-29(14-11-26)24(32)9-8-21-6-4-3-5-7-21/h3-7,16-17H,10-15,18H2,1-2H3. The van der Waals surface area contributed by atoms with E-state index in [0.29, 0.717) is 18.7 Å². The Kier molecular flexibility index (Phi) is 5.37. The normalized spacial score (nSPS) is 17.3. The summed E-state index contributed by atoms with van der Waals surface area (Å²) in [4.78, 5) is 34.1. The van der Waals surface area contributed by atoms with Crippen molar-refractivity contribution >= 4 is 17.5 Å². The van der Waals surface area contributed by atoms with Crippen molar-refractivity contribution in [3.05, 3.63) is 65.1 Å². The molecule has 2 aliphatic rings. The van der Waals surface area contributed by atoms with Crippen LogP contribution in [0.5, 0.6) is 0 Å². The highest BCUT2D eigenvalue weighted by Gasteiger charge is 2.43. The molecule has 0 radical (unpaired) electrons. The van der Waals surface area contributed by atoms with Crippen LogP contribution in [0, 0.1) is 31.1 Å². The van der Waals surface area contributed by atoms with Crippen LogP contribution in [0.3, 0.4) is 0 Å². The second-order valence-electron chi connectivity index (χ2n) is 9.20. The number of fused-ring (bicyclic) bond motifs is 1. The van der Waals surface area contributed by atoms with Crippen molar-refractivity contribution in [2.45, 2.75) is 33.1 Å². The monoisotopic (exact) mass is 441 g/mol. The zero-order valence-corrected chi connectivity index (χ0v) is 19.0. The van der Waals surface area contributed by atoms with E-state index in [9.17, 15) is 9.59 Å². The number of hydrogen-bond acceptors (Lipinski definition) is 4. The molecular formula is C26H27N5O2. The van der Waals surface area contributed by atoms with Gasteiger partial charge < -0.3 is 9.80 Å². The molecule has 5 rings (SSSR count). The zero-order chi connectivity index (χ0) is 23.0. The van der Waals surface area contributed by atoms with Crippen molar-refractivity contribution in [2.24, 2.45) is 5.41 Å². The molecule has 2 amide bonds. The maximum atomic E-state index is 13.3. The summed E-state index contributed by atoms with van der Waals surface area (Å²) in [5, 5.41) is 4.46. The first-order valence-corrected chi connectivity index (χ1v) is 11.4. The molecule has 0 aliphatic carbocycles. The number of aromatic nitrogens is 3. The number of hydrogen-bond donors (Lipinski definition) is 0. The van der Waals surface area contributed by atoms with Gasteiger partial charge in [0.1, 0.15) is 0 Å². The molecular weight excluding hydrogens is 414 g/mol. The number of benzene rings is 1. The first-order chi connectivity index (χ1) is 15.9. The van der Waals surface area contributed by atoms with Crippen LogP contribution < -0.4 is 0 Å². The van der Waals surface area contributed by atoms with Crippen molar-refractivity contribution in [3.8, 4) is 11.8 Å². The van der Waals surface area contributed by atoms with Crippen molar-refractivity contribution in [1.29, 1.82) is 0 Å². The lowest BCUT2D eigenvalue weighted by Gasteiger charge is -2.38. The second kappa shape index (κ2) is 8.36. The molecule has 0 bridgehead atoms. The molecule has 2 fully saturated rings. The van der Waals surface area contributed by atoms with Gasteiger partial charge in [0.2, 0.25) is 0 Å². The van der Waals surface area contributed by atoms with E-state index in [1.165, 1.54) is 0 Å². The number of amides is 2. The fourth-order valence-corrected chi connectivity index (χ4v) is 4.97. The van der Waals surface area contributed by atoms with Crippen molar-refractivity contribution in [1.82, 2.24) is 24.4 Å². The Balaban J connectivity index is 1.23. The third-order valence-electron chi connectivity index (χ3n) is 7.00. The van der Waals surface area contributed by atoms with Gasteiger partial charge in [-0.1, -0.05) is 24.1 Å². The highest BCUT2D eigenvalue weighted by molar-refractivity contribution is 5.95. The Bertz CT molecular complexity index is 1280. The molecule has 3 aromatic rings. The predicted octanol–water partition coefficient (Wildman–Crippen LogP) is 2.85. The van der Waals surface area contributed by atoms with Gasteiger partial charge in [-0.25, -0.2) is 9.50 Å². The summed E-state index contributed by atoms with van der Waals surface area (Å²) in [5.41, 5.74) is 3.98. The molecule has 0 N–H and O–H groups in total. The van der Waals surface area contributed by atoms with Gasteiger partial charge in [0.25, 0.3) is 11.8 Å². The largest absolute Gasteiger partial charge is 0.338 e. The molecule has 33 heavy (non-hydrogen) atoms. The SMILES string of the molecule is Cc1cc2ncc(C(=O)N3CCC4(CCN(C(=O)C#Cc5ccccc5)CC4)C3)c(C)n2n1. The van der Waals surface area contributed by atoms with E-state index in [0.717, 1.165) is 55.0 Å².